The fourth-order valence-electron chi connectivity index (χ4n) is 2.16. The highest BCUT2D eigenvalue weighted by Gasteiger charge is 2.20. The van der Waals surface area contributed by atoms with Crippen LogP contribution in [0.3, 0.4) is 0 Å². The minimum Gasteiger partial charge on any atom is -0.326 e. The van der Waals surface area contributed by atoms with Crippen molar-refractivity contribution in [3.63, 3.8) is 0 Å². The molecule has 6 heteroatoms. The molecule has 0 fully saturated rings. The lowest BCUT2D eigenvalue weighted by Crippen LogP contribution is -2.35. The number of nitrogens with two attached hydrogens (primary N) is 1. The monoisotopic (exact) mass is 279 g/mol. The average molecular weight is 279 g/mol. The second-order valence-corrected chi connectivity index (χ2v) is 4.92. The molecule has 4 N–H and O–H groups in total. The van der Waals surface area contributed by atoms with Crippen LogP contribution in [0.5, 0.6) is 0 Å². The lowest BCUT2D eigenvalue weighted by molar-refractivity contribution is -0.117. The molecule has 2 amide bonds. The van der Waals surface area contributed by atoms with Gasteiger partial charge in [0, 0.05) is 12.1 Å². The normalized spacial score (nSPS) is 15.2. The van der Waals surface area contributed by atoms with Crippen molar-refractivity contribution in [1.29, 1.82) is 0 Å². The lowest BCUT2D eigenvalue weighted by atomic mass is 10.0. The van der Waals surface area contributed by atoms with Gasteiger partial charge in [-0.1, -0.05) is 13.3 Å². The molecule has 0 aliphatic carbocycles. The standard InChI is InChI=1S/C14H18FN3O2/c1-2-3-10(16)14(20)18-12-7-11-8(6-9(12)15)4-5-13(19)17-11/h6-7,10H,2-5,16H2,1H3,(H,17,19)(H,18,20). The van der Waals surface area contributed by atoms with Gasteiger partial charge in [0.05, 0.1) is 11.7 Å². The summed E-state index contributed by atoms with van der Waals surface area (Å²) in [6.45, 7) is 1.92. The zero-order valence-corrected chi connectivity index (χ0v) is 11.3. The van der Waals surface area contributed by atoms with E-state index in [1.54, 1.807) is 0 Å². The van der Waals surface area contributed by atoms with Crippen LogP contribution in [0.4, 0.5) is 15.8 Å². The number of benzene rings is 1. The largest absolute Gasteiger partial charge is 0.326 e. The number of halogens is 1. The molecule has 1 aromatic carbocycles. The van der Waals surface area contributed by atoms with Crippen molar-refractivity contribution in [2.75, 3.05) is 10.6 Å². The van der Waals surface area contributed by atoms with E-state index in [-0.39, 0.29) is 11.6 Å². The van der Waals surface area contributed by atoms with E-state index in [2.05, 4.69) is 10.6 Å². The molecular formula is C14H18FN3O2. The van der Waals surface area contributed by atoms with Gasteiger partial charge in [-0.2, -0.15) is 0 Å². The van der Waals surface area contributed by atoms with Crippen LogP contribution in [0.15, 0.2) is 12.1 Å². The van der Waals surface area contributed by atoms with Gasteiger partial charge >= 0.3 is 0 Å². The molecule has 1 heterocycles. The van der Waals surface area contributed by atoms with E-state index in [0.717, 1.165) is 12.0 Å². The van der Waals surface area contributed by atoms with Crippen LogP contribution in [0, 0.1) is 5.82 Å². The third-order valence-corrected chi connectivity index (χ3v) is 3.28. The fourth-order valence-corrected chi connectivity index (χ4v) is 2.16. The Morgan fingerprint density at radius 1 is 1.50 bits per heavy atom. The first kappa shape index (κ1) is 14.5. The van der Waals surface area contributed by atoms with Gasteiger partial charge in [0.2, 0.25) is 11.8 Å². The van der Waals surface area contributed by atoms with E-state index >= 15 is 0 Å². The maximum absolute atomic E-state index is 13.9. The van der Waals surface area contributed by atoms with Crippen molar-refractivity contribution in [3.8, 4) is 0 Å². The molecule has 0 spiro atoms. The summed E-state index contributed by atoms with van der Waals surface area (Å²) in [5.41, 5.74) is 7.00. The number of amides is 2. The molecule has 20 heavy (non-hydrogen) atoms. The van der Waals surface area contributed by atoms with E-state index in [0.29, 0.717) is 24.9 Å². The highest BCUT2D eigenvalue weighted by molar-refractivity contribution is 5.98. The summed E-state index contributed by atoms with van der Waals surface area (Å²) in [5.74, 6) is -1.05. The Morgan fingerprint density at radius 2 is 2.25 bits per heavy atom. The minimum absolute atomic E-state index is 0.0440. The maximum Gasteiger partial charge on any atom is 0.241 e. The van der Waals surface area contributed by atoms with Crippen LogP contribution in [-0.2, 0) is 16.0 Å². The first-order chi connectivity index (χ1) is 9.51. The summed E-state index contributed by atoms with van der Waals surface area (Å²) < 4.78 is 13.9. The zero-order chi connectivity index (χ0) is 14.7. The molecule has 1 aromatic rings. The number of carbonyl (C=O) groups excluding carboxylic acids is 2. The summed E-state index contributed by atoms with van der Waals surface area (Å²) >= 11 is 0. The first-order valence-corrected chi connectivity index (χ1v) is 6.70. The van der Waals surface area contributed by atoms with Crippen molar-refractivity contribution in [2.24, 2.45) is 5.73 Å². The van der Waals surface area contributed by atoms with Crippen LogP contribution in [0.1, 0.15) is 31.7 Å². The van der Waals surface area contributed by atoms with Gasteiger partial charge in [0.15, 0.2) is 0 Å². The van der Waals surface area contributed by atoms with Crippen LogP contribution in [0.2, 0.25) is 0 Å². The summed E-state index contributed by atoms with van der Waals surface area (Å²) in [6, 6.07) is 2.12. The first-order valence-electron chi connectivity index (χ1n) is 6.70. The molecule has 0 saturated heterocycles. The van der Waals surface area contributed by atoms with Crippen LogP contribution < -0.4 is 16.4 Å². The number of anilines is 2. The summed E-state index contributed by atoms with van der Waals surface area (Å²) in [4.78, 5) is 23.1. The van der Waals surface area contributed by atoms with Gasteiger partial charge < -0.3 is 16.4 Å². The number of hydrogen-bond donors (Lipinski definition) is 3. The van der Waals surface area contributed by atoms with E-state index in [9.17, 15) is 14.0 Å². The van der Waals surface area contributed by atoms with Gasteiger partial charge in [-0.05, 0) is 30.5 Å². The summed E-state index contributed by atoms with van der Waals surface area (Å²) in [6.07, 6.45) is 2.16. The number of hydrogen-bond acceptors (Lipinski definition) is 3. The number of fused-ring (bicyclic) bond motifs is 1. The Bertz CT molecular complexity index is 545. The molecule has 0 aromatic heterocycles. The van der Waals surface area contributed by atoms with Gasteiger partial charge in [0.25, 0.3) is 0 Å². The molecule has 0 bridgehead atoms. The van der Waals surface area contributed by atoms with Crippen molar-refractivity contribution < 1.29 is 14.0 Å². The van der Waals surface area contributed by atoms with Crippen molar-refractivity contribution >= 4 is 23.2 Å². The molecule has 1 unspecified atom stereocenters. The van der Waals surface area contributed by atoms with Gasteiger partial charge in [-0.25, -0.2) is 4.39 Å². The molecule has 5 nitrogen and oxygen atoms in total. The van der Waals surface area contributed by atoms with Crippen molar-refractivity contribution in [1.82, 2.24) is 0 Å². The lowest BCUT2D eigenvalue weighted by Gasteiger charge is -2.19. The maximum atomic E-state index is 13.9. The summed E-state index contributed by atoms with van der Waals surface area (Å²) in [5, 5.41) is 5.14. The predicted octanol–water partition coefficient (Wildman–Crippen LogP) is 1.78. The Labute approximate surface area is 116 Å². The van der Waals surface area contributed by atoms with Crippen molar-refractivity contribution in [3.05, 3.63) is 23.5 Å². The van der Waals surface area contributed by atoms with Gasteiger partial charge in [0.1, 0.15) is 5.82 Å². The van der Waals surface area contributed by atoms with E-state index in [4.69, 9.17) is 5.73 Å². The van der Waals surface area contributed by atoms with Gasteiger partial charge in [-0.3, -0.25) is 9.59 Å². The minimum atomic E-state index is -0.662. The van der Waals surface area contributed by atoms with Crippen LogP contribution in [-0.4, -0.2) is 17.9 Å². The van der Waals surface area contributed by atoms with Crippen LogP contribution in [0.25, 0.3) is 0 Å². The van der Waals surface area contributed by atoms with Crippen LogP contribution >= 0.6 is 0 Å². The Hall–Kier alpha value is -1.95. The average Bonchev–Trinajstić information content (AvgIpc) is 2.40. The van der Waals surface area contributed by atoms with Crippen molar-refractivity contribution in [2.45, 2.75) is 38.6 Å². The zero-order valence-electron chi connectivity index (χ0n) is 11.3. The molecule has 1 atom stereocenters. The Morgan fingerprint density at radius 3 is 2.95 bits per heavy atom. The topological polar surface area (TPSA) is 84.2 Å². The Balaban J connectivity index is 2.18. The molecule has 0 saturated carbocycles. The smallest absolute Gasteiger partial charge is 0.241 e. The molecular weight excluding hydrogens is 261 g/mol. The second-order valence-electron chi connectivity index (χ2n) is 4.92. The molecule has 108 valence electrons. The predicted molar refractivity (Wildman–Crippen MR) is 74.9 cm³/mol. The second kappa shape index (κ2) is 6.00. The molecule has 0 radical (unpaired) electrons. The molecule has 1 aliphatic rings. The third-order valence-electron chi connectivity index (χ3n) is 3.28. The number of carbonyl (C=O) groups is 2. The number of nitrogens with one attached hydrogen (secondary N) is 2. The van der Waals surface area contributed by atoms with E-state index < -0.39 is 17.8 Å². The number of rotatable bonds is 4. The van der Waals surface area contributed by atoms with E-state index in [1.165, 1.54) is 12.1 Å². The fraction of sp³-hybridized carbons (Fsp3) is 0.429. The molecule has 1 aliphatic heterocycles. The SMILES string of the molecule is CCCC(N)C(=O)Nc1cc2c(cc1F)CCC(=O)N2. The highest BCUT2D eigenvalue weighted by atomic mass is 19.1. The molecule has 2 rings (SSSR count). The van der Waals surface area contributed by atoms with Gasteiger partial charge in [-0.15, -0.1) is 0 Å². The third kappa shape index (κ3) is 3.14. The van der Waals surface area contributed by atoms with E-state index in [1.807, 2.05) is 6.92 Å². The number of aryl methyl sites for hydroxylation is 1. The Kier molecular flexibility index (Phi) is 4.34. The quantitative estimate of drug-likeness (QED) is 0.785. The summed E-state index contributed by atoms with van der Waals surface area (Å²) in [7, 11) is 0. The highest BCUT2D eigenvalue weighted by Crippen LogP contribution is 2.28.